The zero-order chi connectivity index (χ0) is 19.7. The number of hydrogen-bond acceptors (Lipinski definition) is 5. The first kappa shape index (κ1) is 20.8. The number of hydrogen-bond donors (Lipinski definition) is 4. The van der Waals surface area contributed by atoms with E-state index in [0.717, 1.165) is 0 Å². The summed E-state index contributed by atoms with van der Waals surface area (Å²) in [6.45, 7) is 5.07. The van der Waals surface area contributed by atoms with Crippen LogP contribution in [0.4, 0.5) is 4.39 Å². The van der Waals surface area contributed by atoms with Gasteiger partial charge in [-0.05, 0) is 68.8 Å². The van der Waals surface area contributed by atoms with E-state index in [1.54, 1.807) is 45.2 Å². The molecule has 0 aliphatic heterocycles. The molecule has 0 aliphatic rings. The molecule has 3 rings (SSSR count). The summed E-state index contributed by atoms with van der Waals surface area (Å²) in [5.41, 5.74) is 1.76. The second-order valence-corrected chi connectivity index (χ2v) is 5.46. The van der Waals surface area contributed by atoms with Gasteiger partial charge in [0.1, 0.15) is 28.8 Å². The predicted octanol–water partition coefficient (Wildman–Crippen LogP) is 4.34. The lowest BCUT2D eigenvalue weighted by molar-refractivity contribution is 0.443. The lowest BCUT2D eigenvalue weighted by Crippen LogP contribution is -1.76. The molecule has 3 aromatic rings. The second-order valence-electron chi connectivity index (χ2n) is 5.46. The minimum absolute atomic E-state index is 0.134. The third-order valence-corrected chi connectivity index (χ3v) is 3.41. The maximum Gasteiger partial charge on any atom is 0.136 e. The highest BCUT2D eigenvalue weighted by Gasteiger charge is 1.97. The Labute approximate surface area is 151 Å². The normalized spacial score (nSPS) is 9.38. The largest absolute Gasteiger partial charge is 0.508 e. The van der Waals surface area contributed by atoms with Gasteiger partial charge in [0.25, 0.3) is 0 Å². The molecular formula is C20H22FNO4. The molecule has 6 heteroatoms. The molecule has 0 unspecified atom stereocenters. The van der Waals surface area contributed by atoms with Gasteiger partial charge in [-0.15, -0.1) is 0 Å². The van der Waals surface area contributed by atoms with Gasteiger partial charge in [-0.25, -0.2) is 4.39 Å². The van der Waals surface area contributed by atoms with Gasteiger partial charge in [-0.1, -0.05) is 6.07 Å². The van der Waals surface area contributed by atoms with Crippen LogP contribution in [0, 0.1) is 26.6 Å². The summed E-state index contributed by atoms with van der Waals surface area (Å²) < 4.78 is 12.2. The average molecular weight is 359 g/mol. The molecule has 26 heavy (non-hydrogen) atoms. The molecule has 1 aromatic heterocycles. The van der Waals surface area contributed by atoms with Crippen molar-refractivity contribution in [2.75, 3.05) is 0 Å². The Morgan fingerprint density at radius 2 is 1.31 bits per heavy atom. The first-order valence-electron chi connectivity index (χ1n) is 7.75. The van der Waals surface area contributed by atoms with E-state index in [0.29, 0.717) is 16.8 Å². The van der Waals surface area contributed by atoms with Crippen molar-refractivity contribution in [1.82, 2.24) is 4.98 Å². The van der Waals surface area contributed by atoms with Crippen LogP contribution in [0.2, 0.25) is 0 Å². The fourth-order valence-electron chi connectivity index (χ4n) is 1.71. The zero-order valence-corrected chi connectivity index (χ0v) is 14.8. The van der Waals surface area contributed by atoms with Crippen molar-refractivity contribution in [1.29, 1.82) is 0 Å². The maximum atomic E-state index is 12.2. The number of phenols is 3. The van der Waals surface area contributed by atoms with Crippen LogP contribution in [0.15, 0.2) is 54.7 Å². The number of phenolic OH excluding ortho intramolecular Hbond substituents is 3. The third-order valence-electron chi connectivity index (χ3n) is 3.41. The smallest absolute Gasteiger partial charge is 0.136 e. The second kappa shape index (κ2) is 9.88. The molecule has 0 spiro atoms. The Hall–Kier alpha value is -3.28. The molecule has 4 N–H and O–H groups in total. The number of halogens is 1. The summed E-state index contributed by atoms with van der Waals surface area (Å²) in [4.78, 5) is 3.83. The lowest BCUT2D eigenvalue weighted by atomic mass is 10.2. The lowest BCUT2D eigenvalue weighted by Gasteiger charge is -1.98. The van der Waals surface area contributed by atoms with Crippen molar-refractivity contribution < 1.29 is 24.8 Å². The van der Waals surface area contributed by atoms with Crippen LogP contribution < -0.4 is 0 Å². The number of benzene rings is 2. The number of rotatable bonds is 0. The molecule has 0 bridgehead atoms. The molecule has 0 atom stereocenters. The van der Waals surface area contributed by atoms with Crippen LogP contribution in [0.25, 0.3) is 0 Å². The van der Waals surface area contributed by atoms with Crippen LogP contribution in [-0.4, -0.2) is 25.4 Å². The van der Waals surface area contributed by atoms with Gasteiger partial charge in [-0.3, -0.25) is 4.98 Å². The van der Waals surface area contributed by atoms with Crippen molar-refractivity contribution in [3.63, 3.8) is 0 Å². The third kappa shape index (κ3) is 6.68. The minimum atomic E-state index is -0.315. The van der Waals surface area contributed by atoms with E-state index in [2.05, 4.69) is 4.98 Å². The van der Waals surface area contributed by atoms with E-state index in [1.165, 1.54) is 30.3 Å². The van der Waals surface area contributed by atoms with E-state index in [1.807, 2.05) is 0 Å². The fourth-order valence-corrected chi connectivity index (χ4v) is 1.71. The summed E-state index contributed by atoms with van der Waals surface area (Å²) in [7, 11) is 0. The van der Waals surface area contributed by atoms with Gasteiger partial charge in [0, 0.05) is 11.8 Å². The Morgan fingerprint density at radius 3 is 1.69 bits per heavy atom. The number of nitrogens with zero attached hydrogens (tertiary/aromatic N) is 1. The van der Waals surface area contributed by atoms with Gasteiger partial charge in [0.2, 0.25) is 0 Å². The van der Waals surface area contributed by atoms with Crippen LogP contribution in [0.5, 0.6) is 23.0 Å². The Kier molecular flexibility index (Phi) is 7.89. The van der Waals surface area contributed by atoms with Crippen LogP contribution in [0.1, 0.15) is 16.8 Å². The fraction of sp³-hybridized carbons (Fsp3) is 0.150. The molecule has 5 nitrogen and oxygen atoms in total. The minimum Gasteiger partial charge on any atom is -0.508 e. The number of aromatic hydroxyl groups is 4. The van der Waals surface area contributed by atoms with E-state index in [4.69, 9.17) is 20.4 Å². The first-order chi connectivity index (χ1) is 12.2. The van der Waals surface area contributed by atoms with E-state index < -0.39 is 0 Å². The predicted molar refractivity (Wildman–Crippen MR) is 97.9 cm³/mol. The Morgan fingerprint density at radius 1 is 0.731 bits per heavy atom. The van der Waals surface area contributed by atoms with Crippen molar-refractivity contribution in [3.8, 4) is 23.0 Å². The molecular weight excluding hydrogens is 337 g/mol. The van der Waals surface area contributed by atoms with Gasteiger partial charge >= 0.3 is 0 Å². The van der Waals surface area contributed by atoms with Gasteiger partial charge in [0.05, 0.1) is 5.69 Å². The molecule has 0 saturated carbocycles. The number of pyridine rings is 1. The molecule has 0 radical (unpaired) electrons. The van der Waals surface area contributed by atoms with Crippen molar-refractivity contribution in [3.05, 3.63) is 77.4 Å². The number of aryl methyl sites for hydroxylation is 2. The topological polar surface area (TPSA) is 93.8 Å². The highest BCUT2D eigenvalue weighted by molar-refractivity contribution is 5.41. The quantitative estimate of drug-likeness (QED) is 0.479. The van der Waals surface area contributed by atoms with Crippen molar-refractivity contribution in [2.45, 2.75) is 20.8 Å². The highest BCUT2D eigenvalue weighted by atomic mass is 19.1. The Balaban J connectivity index is 0.000000195. The molecule has 138 valence electrons. The summed E-state index contributed by atoms with van der Waals surface area (Å²) in [5.74, 6) is 0.346. The van der Waals surface area contributed by atoms with Crippen molar-refractivity contribution in [2.24, 2.45) is 0 Å². The van der Waals surface area contributed by atoms with Gasteiger partial charge in [0.15, 0.2) is 0 Å². The monoisotopic (exact) mass is 359 g/mol. The molecule has 0 amide bonds. The van der Waals surface area contributed by atoms with Crippen LogP contribution in [-0.2, 0) is 0 Å². The maximum absolute atomic E-state index is 12.2. The summed E-state index contributed by atoms with van der Waals surface area (Å²) in [5, 5.41) is 35.6. The first-order valence-corrected chi connectivity index (χ1v) is 7.75. The van der Waals surface area contributed by atoms with Crippen molar-refractivity contribution >= 4 is 0 Å². The molecule has 2 aromatic carbocycles. The molecule has 0 saturated heterocycles. The highest BCUT2D eigenvalue weighted by Crippen LogP contribution is 2.23. The standard InChI is InChI=1S/C7H7FO.C7H8O2.C6H7NO/c1-5-4-6(8)2-3-7(5)9;1-5-6(8)3-2-4-7(5)9;1-5-6(8)3-2-4-7-5/h2-4,9H,1H3;2-4,8-9H,1H3;2-4,8H,1H3. The SMILES string of the molecule is Cc1c(O)cccc1O.Cc1cc(F)ccc1O.Cc1ncccc1O. The van der Waals surface area contributed by atoms with E-state index >= 15 is 0 Å². The van der Waals surface area contributed by atoms with Crippen LogP contribution >= 0.6 is 0 Å². The van der Waals surface area contributed by atoms with Gasteiger partial charge in [-0.2, -0.15) is 0 Å². The van der Waals surface area contributed by atoms with E-state index in [9.17, 15) is 4.39 Å². The zero-order valence-electron chi connectivity index (χ0n) is 14.8. The average Bonchev–Trinajstić information content (AvgIpc) is 2.60. The summed E-state index contributed by atoms with van der Waals surface area (Å²) in [6, 6.07) is 11.8. The molecule has 0 fully saturated rings. The Bertz CT molecular complexity index is 812. The van der Waals surface area contributed by atoms with Crippen LogP contribution in [0.3, 0.4) is 0 Å². The van der Waals surface area contributed by atoms with Gasteiger partial charge < -0.3 is 20.4 Å². The molecule has 0 aliphatic carbocycles. The molecule has 1 heterocycles. The summed E-state index contributed by atoms with van der Waals surface area (Å²) >= 11 is 0. The number of aromatic nitrogens is 1. The summed E-state index contributed by atoms with van der Waals surface area (Å²) in [6.07, 6.45) is 1.65. The van der Waals surface area contributed by atoms with E-state index in [-0.39, 0.29) is 28.8 Å².